The van der Waals surface area contributed by atoms with Crippen molar-refractivity contribution in [3.63, 3.8) is 0 Å². The Hall–Kier alpha value is -3.28. The Balaban J connectivity index is 1.68. The van der Waals surface area contributed by atoms with Crippen molar-refractivity contribution in [2.75, 3.05) is 0 Å². The van der Waals surface area contributed by atoms with Crippen LogP contribution in [0.25, 0.3) is 11.5 Å². The van der Waals surface area contributed by atoms with Crippen LogP contribution in [-0.4, -0.2) is 26.9 Å². The molecule has 0 spiro atoms. The molecule has 0 aliphatic rings. The topological polar surface area (TPSA) is 87.7 Å². The van der Waals surface area contributed by atoms with Crippen LogP contribution >= 0.6 is 0 Å². The Morgan fingerprint density at radius 2 is 1.89 bits per heavy atom. The number of nitrogens with zero attached hydrogens (tertiary/aromatic N) is 2. The molecule has 28 heavy (non-hydrogen) atoms. The van der Waals surface area contributed by atoms with Crippen LogP contribution in [0.2, 0.25) is 0 Å². The molecule has 0 bridgehead atoms. The van der Waals surface area contributed by atoms with Gasteiger partial charge >= 0.3 is 0 Å². The lowest BCUT2D eigenvalue weighted by molar-refractivity contribution is -0.121. The molecule has 0 saturated heterocycles. The number of carbonyl (C=O) groups excluding carboxylic acids is 1. The smallest absolute Gasteiger partial charge is 0.255 e. The number of nitrogens with one attached hydrogen (secondary N) is 2. The molecule has 1 atom stereocenters. The van der Waals surface area contributed by atoms with Crippen molar-refractivity contribution in [3.05, 3.63) is 81.4 Å². The number of benzene rings is 1. The molecule has 0 saturated carbocycles. The van der Waals surface area contributed by atoms with E-state index in [0.717, 1.165) is 6.42 Å². The number of pyridine rings is 1. The summed E-state index contributed by atoms with van der Waals surface area (Å²) >= 11 is 0. The molecule has 1 aromatic carbocycles. The third kappa shape index (κ3) is 4.71. The van der Waals surface area contributed by atoms with E-state index in [-0.39, 0.29) is 23.9 Å². The van der Waals surface area contributed by atoms with Gasteiger partial charge in [-0.3, -0.25) is 14.6 Å². The second kappa shape index (κ2) is 8.61. The zero-order chi connectivity index (χ0) is 20.1. The van der Waals surface area contributed by atoms with Crippen LogP contribution < -0.4 is 10.9 Å². The van der Waals surface area contributed by atoms with Crippen molar-refractivity contribution in [3.8, 4) is 11.5 Å². The first-order chi connectivity index (χ1) is 13.4. The average Bonchev–Trinajstić information content (AvgIpc) is 2.67. The number of aryl methyl sites for hydroxylation is 2. The molecule has 3 rings (SSSR count). The minimum atomic E-state index is -0.310. The predicted molar refractivity (Wildman–Crippen MR) is 109 cm³/mol. The fourth-order valence-corrected chi connectivity index (χ4v) is 3.15. The Morgan fingerprint density at radius 3 is 2.57 bits per heavy atom. The van der Waals surface area contributed by atoms with E-state index in [1.54, 1.807) is 25.3 Å². The van der Waals surface area contributed by atoms with Gasteiger partial charge < -0.3 is 10.3 Å². The molecule has 1 unspecified atom stereocenters. The van der Waals surface area contributed by atoms with E-state index in [1.165, 1.54) is 11.1 Å². The first-order valence-electron chi connectivity index (χ1n) is 9.29. The highest BCUT2D eigenvalue weighted by Gasteiger charge is 2.16. The second-order valence-electron chi connectivity index (χ2n) is 6.97. The van der Waals surface area contributed by atoms with Crippen LogP contribution in [0.15, 0.2) is 53.5 Å². The molecule has 0 fully saturated rings. The second-order valence-corrected chi connectivity index (χ2v) is 6.97. The third-order valence-corrected chi connectivity index (χ3v) is 4.66. The van der Waals surface area contributed by atoms with Gasteiger partial charge in [0.1, 0.15) is 5.69 Å². The van der Waals surface area contributed by atoms with Crippen LogP contribution in [0.5, 0.6) is 0 Å². The summed E-state index contributed by atoms with van der Waals surface area (Å²) in [5, 5.41) is 2.97. The SMILES string of the molecule is Cc1ccccc1CC(C)NC(=O)Cc1c(C)nc(-c2ccccn2)[nH]c1=O. The number of amides is 1. The summed E-state index contributed by atoms with van der Waals surface area (Å²) < 4.78 is 0. The van der Waals surface area contributed by atoms with E-state index in [1.807, 2.05) is 25.1 Å². The molecule has 0 aliphatic carbocycles. The van der Waals surface area contributed by atoms with Gasteiger partial charge in [0.25, 0.3) is 5.56 Å². The van der Waals surface area contributed by atoms with Crippen molar-refractivity contribution >= 4 is 5.91 Å². The fourth-order valence-electron chi connectivity index (χ4n) is 3.15. The maximum Gasteiger partial charge on any atom is 0.255 e. The summed E-state index contributed by atoms with van der Waals surface area (Å²) in [4.78, 5) is 36.3. The molecule has 2 N–H and O–H groups in total. The molecular weight excluding hydrogens is 352 g/mol. The summed E-state index contributed by atoms with van der Waals surface area (Å²) in [7, 11) is 0. The normalized spacial score (nSPS) is 11.8. The lowest BCUT2D eigenvalue weighted by Gasteiger charge is -2.15. The fraction of sp³-hybridized carbons (Fsp3) is 0.273. The molecular formula is C22H24N4O2. The third-order valence-electron chi connectivity index (χ3n) is 4.66. The largest absolute Gasteiger partial charge is 0.353 e. The quantitative estimate of drug-likeness (QED) is 0.692. The molecule has 6 heteroatoms. The van der Waals surface area contributed by atoms with E-state index in [4.69, 9.17) is 0 Å². The summed E-state index contributed by atoms with van der Waals surface area (Å²) in [6.45, 7) is 5.76. The average molecular weight is 376 g/mol. The van der Waals surface area contributed by atoms with Crippen LogP contribution in [0.4, 0.5) is 0 Å². The first kappa shape index (κ1) is 19.5. The summed E-state index contributed by atoms with van der Waals surface area (Å²) in [6.07, 6.45) is 2.38. The summed E-state index contributed by atoms with van der Waals surface area (Å²) in [6, 6.07) is 13.5. The number of aromatic amines is 1. The predicted octanol–water partition coefficient (Wildman–Crippen LogP) is 2.74. The summed E-state index contributed by atoms with van der Waals surface area (Å²) in [5.74, 6) is 0.210. The van der Waals surface area contributed by atoms with Gasteiger partial charge in [0.2, 0.25) is 5.91 Å². The number of hydrogen-bond donors (Lipinski definition) is 2. The number of hydrogen-bond acceptors (Lipinski definition) is 4. The maximum absolute atomic E-state index is 12.5. The Labute approximate surface area is 164 Å². The van der Waals surface area contributed by atoms with E-state index < -0.39 is 0 Å². The number of aromatic nitrogens is 3. The van der Waals surface area contributed by atoms with Gasteiger partial charge in [-0.2, -0.15) is 0 Å². The van der Waals surface area contributed by atoms with Gasteiger partial charge in [0, 0.05) is 23.5 Å². The van der Waals surface area contributed by atoms with Gasteiger partial charge in [-0.15, -0.1) is 0 Å². The van der Waals surface area contributed by atoms with Gasteiger partial charge in [0.15, 0.2) is 5.82 Å². The molecule has 1 amide bonds. The minimum Gasteiger partial charge on any atom is -0.353 e. The molecule has 144 valence electrons. The molecule has 0 aliphatic heterocycles. The van der Waals surface area contributed by atoms with Gasteiger partial charge in [-0.25, -0.2) is 4.98 Å². The van der Waals surface area contributed by atoms with E-state index in [9.17, 15) is 9.59 Å². The van der Waals surface area contributed by atoms with E-state index >= 15 is 0 Å². The van der Waals surface area contributed by atoms with E-state index in [2.05, 4.69) is 39.3 Å². The highest BCUT2D eigenvalue weighted by atomic mass is 16.2. The van der Waals surface area contributed by atoms with Crippen LogP contribution in [0, 0.1) is 13.8 Å². The van der Waals surface area contributed by atoms with Crippen LogP contribution in [0.3, 0.4) is 0 Å². The van der Waals surface area contributed by atoms with Crippen molar-refractivity contribution < 1.29 is 4.79 Å². The zero-order valence-electron chi connectivity index (χ0n) is 16.3. The van der Waals surface area contributed by atoms with E-state index in [0.29, 0.717) is 22.8 Å². The van der Waals surface area contributed by atoms with Crippen molar-refractivity contribution in [1.82, 2.24) is 20.3 Å². The highest BCUT2D eigenvalue weighted by molar-refractivity contribution is 5.79. The van der Waals surface area contributed by atoms with Crippen LogP contribution in [0.1, 0.15) is 29.3 Å². The molecule has 3 aromatic rings. The van der Waals surface area contributed by atoms with Crippen molar-refractivity contribution in [1.29, 1.82) is 0 Å². The van der Waals surface area contributed by atoms with Gasteiger partial charge in [-0.1, -0.05) is 30.3 Å². The Kier molecular flexibility index (Phi) is 5.99. The van der Waals surface area contributed by atoms with Gasteiger partial charge in [0.05, 0.1) is 6.42 Å². The lowest BCUT2D eigenvalue weighted by Crippen LogP contribution is -2.36. The summed E-state index contributed by atoms with van der Waals surface area (Å²) in [5.41, 5.74) is 3.59. The number of rotatable bonds is 6. The highest BCUT2D eigenvalue weighted by Crippen LogP contribution is 2.12. The van der Waals surface area contributed by atoms with Crippen LogP contribution in [-0.2, 0) is 17.6 Å². The molecule has 6 nitrogen and oxygen atoms in total. The maximum atomic E-state index is 12.5. The molecule has 2 heterocycles. The molecule has 2 aromatic heterocycles. The number of H-pyrrole nitrogens is 1. The standard InChI is InChI=1S/C22H24N4O2/c1-14-8-4-5-9-17(14)12-15(2)24-20(27)13-18-16(3)25-21(26-22(18)28)19-10-6-7-11-23-19/h4-11,15H,12-13H2,1-3H3,(H,24,27)(H,25,26,28). The van der Waals surface area contributed by atoms with Crippen molar-refractivity contribution in [2.45, 2.75) is 39.7 Å². The van der Waals surface area contributed by atoms with Crippen molar-refractivity contribution in [2.24, 2.45) is 0 Å². The molecule has 0 radical (unpaired) electrons. The zero-order valence-corrected chi connectivity index (χ0v) is 16.3. The minimum absolute atomic E-state index is 0.00518. The number of carbonyl (C=O) groups is 1. The Bertz CT molecular complexity index is 1030. The first-order valence-corrected chi connectivity index (χ1v) is 9.29. The monoisotopic (exact) mass is 376 g/mol. The van der Waals surface area contributed by atoms with Gasteiger partial charge in [-0.05, 0) is 50.5 Å². The lowest BCUT2D eigenvalue weighted by atomic mass is 10.0. The Morgan fingerprint density at radius 1 is 1.14 bits per heavy atom.